The summed E-state index contributed by atoms with van der Waals surface area (Å²) in [5.74, 6) is 1.42. The van der Waals surface area contributed by atoms with Gasteiger partial charge in [0.05, 0.1) is 6.61 Å². The van der Waals surface area contributed by atoms with Crippen LogP contribution in [-0.4, -0.2) is 61.1 Å². The number of hydrogen-bond donors (Lipinski definition) is 2. The largest absolute Gasteiger partial charge is 0.477 e. The van der Waals surface area contributed by atoms with Gasteiger partial charge in [0.1, 0.15) is 17.5 Å². The Morgan fingerprint density at radius 3 is 2.59 bits per heavy atom. The van der Waals surface area contributed by atoms with Gasteiger partial charge in [-0.05, 0) is 51.2 Å². The van der Waals surface area contributed by atoms with E-state index in [1.807, 2.05) is 6.07 Å². The molecular formula is C21H32N6O2. The van der Waals surface area contributed by atoms with Gasteiger partial charge in [-0.25, -0.2) is 4.98 Å². The van der Waals surface area contributed by atoms with Gasteiger partial charge in [-0.15, -0.1) is 0 Å². The van der Waals surface area contributed by atoms with Crippen molar-refractivity contribution >= 4 is 11.7 Å². The third kappa shape index (κ3) is 5.80. The molecule has 2 N–H and O–H groups in total. The third-order valence-corrected chi connectivity index (χ3v) is 6.04. The van der Waals surface area contributed by atoms with Crippen LogP contribution in [0.2, 0.25) is 0 Å². The Hall–Kier alpha value is -2.40. The van der Waals surface area contributed by atoms with Gasteiger partial charge < -0.3 is 20.3 Å². The van der Waals surface area contributed by atoms with E-state index in [0.29, 0.717) is 24.9 Å². The van der Waals surface area contributed by atoms with Gasteiger partial charge in [0.25, 0.3) is 5.91 Å². The number of nitrogens with one attached hydrogen (secondary N) is 2. The number of hydrogen-bond acceptors (Lipinski definition) is 7. The van der Waals surface area contributed by atoms with Crippen LogP contribution < -0.4 is 15.4 Å². The molecule has 8 heteroatoms. The summed E-state index contributed by atoms with van der Waals surface area (Å²) in [5.41, 5.74) is 0.283. The number of rotatable bonds is 8. The Morgan fingerprint density at radius 2 is 1.93 bits per heavy atom. The fourth-order valence-corrected chi connectivity index (χ4v) is 4.17. The van der Waals surface area contributed by atoms with Crippen LogP contribution >= 0.6 is 0 Å². The quantitative estimate of drug-likeness (QED) is 0.691. The molecule has 0 spiro atoms. The second-order valence-corrected chi connectivity index (χ2v) is 8.19. The highest BCUT2D eigenvalue weighted by Crippen LogP contribution is 2.29. The summed E-state index contributed by atoms with van der Waals surface area (Å²) in [5, 5.41) is 15.3. The molecule has 2 heterocycles. The summed E-state index contributed by atoms with van der Waals surface area (Å²) in [6.07, 6.45) is 8.27. The number of nitrogens with zero attached hydrogens (tertiary/aromatic N) is 4. The zero-order valence-electron chi connectivity index (χ0n) is 17.5. The summed E-state index contributed by atoms with van der Waals surface area (Å²) < 4.78 is 5.98. The SMILES string of the molecule is CNC(=O)c1c(NCCC2CCCC2)nc(C#N)nc1OCC1CCN(C)CC1. The molecule has 29 heavy (non-hydrogen) atoms. The predicted octanol–water partition coefficient (Wildman–Crippen LogP) is 2.42. The van der Waals surface area contributed by atoms with E-state index in [9.17, 15) is 10.1 Å². The first-order valence-corrected chi connectivity index (χ1v) is 10.7. The molecule has 2 fully saturated rings. The molecule has 1 amide bonds. The molecule has 158 valence electrons. The number of likely N-dealkylation sites (tertiary alicyclic amines) is 1. The number of carbonyl (C=O) groups is 1. The molecular weight excluding hydrogens is 368 g/mol. The molecule has 8 nitrogen and oxygen atoms in total. The van der Waals surface area contributed by atoms with Crippen LogP contribution in [0.3, 0.4) is 0 Å². The number of aromatic nitrogens is 2. The normalized spacial score (nSPS) is 18.4. The second kappa shape index (κ2) is 10.4. The van der Waals surface area contributed by atoms with Crippen LogP contribution in [0, 0.1) is 23.2 Å². The van der Waals surface area contributed by atoms with E-state index in [4.69, 9.17) is 4.74 Å². The van der Waals surface area contributed by atoms with E-state index in [2.05, 4.69) is 32.5 Å². The Balaban J connectivity index is 1.73. The lowest BCUT2D eigenvalue weighted by Gasteiger charge is -2.28. The maximum atomic E-state index is 12.6. The minimum atomic E-state index is -0.309. The van der Waals surface area contributed by atoms with Crippen LogP contribution in [0.15, 0.2) is 0 Å². The molecule has 1 saturated carbocycles. The van der Waals surface area contributed by atoms with Gasteiger partial charge in [-0.3, -0.25) is 4.79 Å². The zero-order chi connectivity index (χ0) is 20.6. The van der Waals surface area contributed by atoms with Crippen LogP contribution in [0.25, 0.3) is 0 Å². The van der Waals surface area contributed by atoms with Crippen molar-refractivity contribution in [3.05, 3.63) is 11.4 Å². The summed E-state index contributed by atoms with van der Waals surface area (Å²) in [6.45, 7) is 3.28. The van der Waals surface area contributed by atoms with Crippen LogP contribution in [0.5, 0.6) is 5.88 Å². The Kier molecular flexibility index (Phi) is 7.64. The number of nitriles is 1. The van der Waals surface area contributed by atoms with Crippen LogP contribution in [0.1, 0.15) is 61.1 Å². The monoisotopic (exact) mass is 400 g/mol. The van der Waals surface area contributed by atoms with Crippen molar-refractivity contribution in [2.45, 2.75) is 44.9 Å². The standard InChI is InChI=1S/C21H32N6O2/c1-23-20(28)18-19(24-10-7-15-5-3-4-6-15)25-17(13-22)26-21(18)29-14-16-8-11-27(2)12-9-16/h15-16H,3-12,14H2,1-2H3,(H,23,28)(H,24,25,26). The molecule has 0 radical (unpaired) electrons. The lowest BCUT2D eigenvalue weighted by molar-refractivity contribution is 0.0955. The number of amides is 1. The summed E-state index contributed by atoms with van der Waals surface area (Å²) in [6, 6.07) is 1.99. The van der Waals surface area contributed by atoms with Crippen molar-refractivity contribution in [1.29, 1.82) is 5.26 Å². The summed E-state index contributed by atoms with van der Waals surface area (Å²) >= 11 is 0. The van der Waals surface area contributed by atoms with Gasteiger partial charge in [-0.1, -0.05) is 25.7 Å². The molecule has 0 unspecified atom stereocenters. The smallest absolute Gasteiger partial charge is 0.260 e. The minimum absolute atomic E-state index is 0.0133. The highest BCUT2D eigenvalue weighted by atomic mass is 16.5. The maximum absolute atomic E-state index is 12.6. The first-order valence-electron chi connectivity index (χ1n) is 10.7. The molecule has 1 aromatic rings. The highest BCUT2D eigenvalue weighted by Gasteiger charge is 2.24. The van der Waals surface area contributed by atoms with Gasteiger partial charge in [0, 0.05) is 13.6 Å². The predicted molar refractivity (Wildman–Crippen MR) is 111 cm³/mol. The van der Waals surface area contributed by atoms with Crippen molar-refractivity contribution in [2.75, 3.05) is 45.7 Å². The summed E-state index contributed by atoms with van der Waals surface area (Å²) in [4.78, 5) is 23.3. The average Bonchev–Trinajstić information content (AvgIpc) is 3.26. The number of ether oxygens (including phenoxy) is 1. The second-order valence-electron chi connectivity index (χ2n) is 8.19. The minimum Gasteiger partial charge on any atom is -0.477 e. The Morgan fingerprint density at radius 1 is 1.21 bits per heavy atom. The van der Waals surface area contributed by atoms with Crippen LogP contribution in [0.4, 0.5) is 5.82 Å². The number of carbonyl (C=O) groups excluding carboxylic acids is 1. The molecule has 1 aromatic heterocycles. The van der Waals surface area contributed by atoms with Crippen molar-refractivity contribution in [3.8, 4) is 11.9 Å². The first kappa shape index (κ1) is 21.3. The Bertz CT molecular complexity index is 733. The lowest BCUT2D eigenvalue weighted by atomic mass is 9.98. The zero-order valence-corrected chi connectivity index (χ0v) is 17.5. The molecule has 2 aliphatic rings. The molecule has 1 aliphatic carbocycles. The molecule has 0 atom stereocenters. The summed E-state index contributed by atoms with van der Waals surface area (Å²) in [7, 11) is 3.69. The van der Waals surface area contributed by atoms with Crippen molar-refractivity contribution < 1.29 is 9.53 Å². The van der Waals surface area contributed by atoms with Gasteiger partial charge in [0.15, 0.2) is 0 Å². The molecule has 1 saturated heterocycles. The molecule has 0 aromatic carbocycles. The molecule has 1 aliphatic heterocycles. The highest BCUT2D eigenvalue weighted by molar-refractivity contribution is 6.00. The van der Waals surface area contributed by atoms with Crippen LogP contribution in [-0.2, 0) is 0 Å². The van der Waals surface area contributed by atoms with Gasteiger partial charge in [0.2, 0.25) is 11.7 Å². The van der Waals surface area contributed by atoms with E-state index in [1.165, 1.54) is 25.7 Å². The maximum Gasteiger partial charge on any atom is 0.260 e. The van der Waals surface area contributed by atoms with Crippen molar-refractivity contribution in [2.24, 2.45) is 11.8 Å². The van der Waals surface area contributed by atoms with E-state index < -0.39 is 0 Å². The van der Waals surface area contributed by atoms with E-state index >= 15 is 0 Å². The van der Waals surface area contributed by atoms with E-state index in [-0.39, 0.29) is 23.2 Å². The Labute approximate surface area is 173 Å². The van der Waals surface area contributed by atoms with Crippen molar-refractivity contribution in [3.63, 3.8) is 0 Å². The number of anilines is 1. The topological polar surface area (TPSA) is 103 Å². The first-order chi connectivity index (χ1) is 14.1. The fraction of sp³-hybridized carbons (Fsp3) is 0.714. The van der Waals surface area contributed by atoms with E-state index in [1.54, 1.807) is 7.05 Å². The third-order valence-electron chi connectivity index (χ3n) is 6.04. The fourth-order valence-electron chi connectivity index (χ4n) is 4.17. The van der Waals surface area contributed by atoms with Gasteiger partial charge in [-0.2, -0.15) is 10.2 Å². The lowest BCUT2D eigenvalue weighted by Crippen LogP contribution is -2.33. The molecule has 3 rings (SSSR count). The van der Waals surface area contributed by atoms with Crippen molar-refractivity contribution in [1.82, 2.24) is 20.2 Å². The van der Waals surface area contributed by atoms with E-state index in [0.717, 1.165) is 38.3 Å². The van der Waals surface area contributed by atoms with Gasteiger partial charge >= 0.3 is 0 Å². The molecule has 0 bridgehead atoms. The number of piperidine rings is 1. The average molecular weight is 401 g/mol.